The number of benzene rings is 2. The fourth-order valence-corrected chi connectivity index (χ4v) is 3.21. The van der Waals surface area contributed by atoms with Crippen LogP contribution in [0.1, 0.15) is 38.3 Å². The van der Waals surface area contributed by atoms with Crippen LogP contribution in [0.15, 0.2) is 65.4 Å². The molecule has 0 spiro atoms. The first kappa shape index (κ1) is 24.4. The van der Waals surface area contributed by atoms with Crippen molar-refractivity contribution in [3.05, 3.63) is 76.5 Å². The Labute approximate surface area is 201 Å². The summed E-state index contributed by atoms with van der Waals surface area (Å²) in [6.45, 7) is 5.63. The van der Waals surface area contributed by atoms with Gasteiger partial charge in [-0.1, -0.05) is 42.5 Å². The molecular weight excluding hydrogens is 486 g/mol. The molecule has 1 heterocycles. The highest BCUT2D eigenvalue weighted by atomic mass is 79.9. The van der Waals surface area contributed by atoms with Gasteiger partial charge in [0.25, 0.3) is 0 Å². The van der Waals surface area contributed by atoms with E-state index in [-0.39, 0.29) is 19.0 Å². The van der Waals surface area contributed by atoms with E-state index in [2.05, 4.69) is 31.2 Å². The number of carbonyl (C=O) groups excluding carboxylic acids is 2. The van der Waals surface area contributed by atoms with Gasteiger partial charge in [-0.2, -0.15) is 0 Å². The Balaban J connectivity index is 1.76. The molecule has 0 aliphatic rings. The molecule has 0 saturated heterocycles. The minimum absolute atomic E-state index is 0.148. The van der Waals surface area contributed by atoms with Crippen molar-refractivity contribution in [2.45, 2.75) is 45.8 Å². The smallest absolute Gasteiger partial charge is 0.411 e. The lowest BCUT2D eigenvalue weighted by atomic mass is 10.0. The predicted molar refractivity (Wildman–Crippen MR) is 130 cm³/mol. The number of nitrogens with zero attached hydrogens (tertiary/aromatic N) is 2. The highest BCUT2D eigenvalue weighted by molar-refractivity contribution is 9.10. The lowest BCUT2D eigenvalue weighted by Gasteiger charge is -2.19. The molecule has 0 radical (unpaired) electrons. The van der Waals surface area contributed by atoms with Crippen LogP contribution < -0.4 is 5.32 Å². The summed E-state index contributed by atoms with van der Waals surface area (Å²) in [5.74, 6) is 0.206. The number of hydrogen-bond donors (Lipinski definition) is 1. The van der Waals surface area contributed by atoms with Gasteiger partial charge in [-0.3, -0.25) is 10.1 Å². The molecule has 1 aromatic heterocycles. The molecule has 2 aromatic carbocycles. The van der Waals surface area contributed by atoms with Gasteiger partial charge in [0, 0.05) is 30.1 Å². The largest absolute Gasteiger partial charge is 0.460 e. The molecule has 1 amide bonds. The molecule has 0 aliphatic heterocycles. The zero-order valence-electron chi connectivity index (χ0n) is 18.8. The molecule has 0 aliphatic carbocycles. The van der Waals surface area contributed by atoms with Gasteiger partial charge in [0.2, 0.25) is 0 Å². The number of anilines is 1. The summed E-state index contributed by atoms with van der Waals surface area (Å²) in [7, 11) is 0. The maximum atomic E-state index is 12.5. The van der Waals surface area contributed by atoms with E-state index in [1.165, 1.54) is 0 Å². The molecule has 3 aromatic rings. The van der Waals surface area contributed by atoms with Crippen LogP contribution in [0.5, 0.6) is 0 Å². The summed E-state index contributed by atoms with van der Waals surface area (Å²) >= 11 is 3.33. The fraction of sp³-hybridized carbons (Fsp3) is 0.280. The second-order valence-corrected chi connectivity index (χ2v) is 9.29. The van der Waals surface area contributed by atoms with E-state index >= 15 is 0 Å². The lowest BCUT2D eigenvalue weighted by Crippen LogP contribution is -2.24. The van der Waals surface area contributed by atoms with Gasteiger partial charge in [-0.15, -0.1) is 0 Å². The van der Waals surface area contributed by atoms with Gasteiger partial charge >= 0.3 is 12.1 Å². The number of carbonyl (C=O) groups is 2. The van der Waals surface area contributed by atoms with Gasteiger partial charge in [-0.05, 0) is 60.3 Å². The second kappa shape index (κ2) is 11.0. The Hall–Kier alpha value is -3.26. The van der Waals surface area contributed by atoms with Crippen LogP contribution in [0.25, 0.3) is 11.4 Å². The Kier molecular flexibility index (Phi) is 8.16. The van der Waals surface area contributed by atoms with Crippen molar-refractivity contribution in [3.8, 4) is 11.4 Å². The number of aryl methyl sites for hydroxylation is 1. The number of ether oxygens (including phenoxy) is 2. The Bertz CT molecular complexity index is 1100. The molecule has 0 atom stereocenters. The number of halogens is 1. The van der Waals surface area contributed by atoms with Gasteiger partial charge in [-0.25, -0.2) is 14.8 Å². The van der Waals surface area contributed by atoms with E-state index in [9.17, 15) is 9.59 Å². The molecule has 0 fully saturated rings. The standard InChI is InChI=1S/C25H26BrN3O4/c1-25(2,3)33-22(30)12-11-18-9-10-19(23-27-14-20(26)15-28-23)13-21(18)29-24(31)32-16-17-7-5-4-6-8-17/h4-10,13-15H,11-12,16H2,1-3H3,(H,29,31). The Morgan fingerprint density at radius 2 is 1.73 bits per heavy atom. The van der Waals surface area contributed by atoms with Crippen LogP contribution in [0.2, 0.25) is 0 Å². The van der Waals surface area contributed by atoms with Crippen LogP contribution in [-0.2, 0) is 27.3 Å². The van der Waals surface area contributed by atoms with Crippen LogP contribution in [0, 0.1) is 0 Å². The molecule has 1 N–H and O–H groups in total. The second-order valence-electron chi connectivity index (χ2n) is 8.37. The summed E-state index contributed by atoms with van der Waals surface area (Å²) in [4.78, 5) is 33.3. The van der Waals surface area contributed by atoms with Crippen LogP contribution in [0.3, 0.4) is 0 Å². The molecule has 0 bridgehead atoms. The van der Waals surface area contributed by atoms with Crippen molar-refractivity contribution in [2.75, 3.05) is 5.32 Å². The number of rotatable bonds is 7. The molecule has 0 unspecified atom stereocenters. The maximum Gasteiger partial charge on any atom is 0.411 e. The van der Waals surface area contributed by atoms with Gasteiger partial charge in [0.15, 0.2) is 5.82 Å². The summed E-state index contributed by atoms with van der Waals surface area (Å²) in [6.07, 6.45) is 3.29. The topological polar surface area (TPSA) is 90.4 Å². The van der Waals surface area contributed by atoms with Crippen molar-refractivity contribution in [3.63, 3.8) is 0 Å². The normalized spacial score (nSPS) is 11.0. The average Bonchev–Trinajstić information content (AvgIpc) is 2.77. The minimum atomic E-state index is -0.591. The van der Waals surface area contributed by atoms with Crippen molar-refractivity contribution in [1.82, 2.24) is 9.97 Å². The molecular formula is C25H26BrN3O4. The number of nitrogens with one attached hydrogen (secondary N) is 1. The number of hydrogen-bond acceptors (Lipinski definition) is 6. The minimum Gasteiger partial charge on any atom is -0.460 e. The molecule has 8 heteroatoms. The molecule has 7 nitrogen and oxygen atoms in total. The van der Waals surface area contributed by atoms with Gasteiger partial charge in [0.1, 0.15) is 12.2 Å². The molecule has 172 valence electrons. The molecule has 0 saturated carbocycles. The van der Waals surface area contributed by atoms with E-state index in [1.807, 2.05) is 63.2 Å². The Morgan fingerprint density at radius 3 is 2.39 bits per heavy atom. The first-order valence-electron chi connectivity index (χ1n) is 10.5. The van der Waals surface area contributed by atoms with E-state index < -0.39 is 11.7 Å². The van der Waals surface area contributed by atoms with E-state index in [1.54, 1.807) is 18.5 Å². The quantitative estimate of drug-likeness (QED) is 0.395. The molecule has 33 heavy (non-hydrogen) atoms. The summed E-state index contributed by atoms with van der Waals surface area (Å²) < 4.78 is 11.5. The lowest BCUT2D eigenvalue weighted by molar-refractivity contribution is -0.154. The van der Waals surface area contributed by atoms with E-state index in [4.69, 9.17) is 9.47 Å². The maximum absolute atomic E-state index is 12.5. The number of aromatic nitrogens is 2. The molecule has 3 rings (SSSR count). The van der Waals surface area contributed by atoms with Crippen molar-refractivity contribution in [2.24, 2.45) is 0 Å². The third kappa shape index (κ3) is 7.98. The summed E-state index contributed by atoms with van der Waals surface area (Å²) in [6, 6.07) is 14.9. The van der Waals surface area contributed by atoms with Crippen LogP contribution in [-0.4, -0.2) is 27.6 Å². The third-order valence-corrected chi connectivity index (χ3v) is 4.87. The van der Waals surface area contributed by atoms with Crippen LogP contribution in [0.4, 0.5) is 10.5 Å². The number of esters is 1. The van der Waals surface area contributed by atoms with E-state index in [0.717, 1.165) is 21.2 Å². The van der Waals surface area contributed by atoms with Gasteiger partial charge in [0.05, 0.1) is 4.47 Å². The van der Waals surface area contributed by atoms with E-state index in [0.29, 0.717) is 17.9 Å². The summed E-state index contributed by atoms with van der Waals surface area (Å²) in [5.41, 5.74) is 2.36. The average molecular weight is 512 g/mol. The monoisotopic (exact) mass is 511 g/mol. The first-order valence-corrected chi connectivity index (χ1v) is 11.3. The van der Waals surface area contributed by atoms with Crippen LogP contribution >= 0.6 is 15.9 Å². The highest BCUT2D eigenvalue weighted by Gasteiger charge is 2.18. The highest BCUT2D eigenvalue weighted by Crippen LogP contribution is 2.26. The van der Waals surface area contributed by atoms with Crippen molar-refractivity contribution >= 4 is 33.7 Å². The van der Waals surface area contributed by atoms with Crippen molar-refractivity contribution < 1.29 is 19.1 Å². The first-order chi connectivity index (χ1) is 15.7. The zero-order chi connectivity index (χ0) is 23.8. The SMILES string of the molecule is CC(C)(C)OC(=O)CCc1ccc(-c2ncc(Br)cn2)cc1NC(=O)OCc1ccccc1. The third-order valence-electron chi connectivity index (χ3n) is 4.46. The fourth-order valence-electron chi connectivity index (χ4n) is 3.01. The Morgan fingerprint density at radius 1 is 1.03 bits per heavy atom. The van der Waals surface area contributed by atoms with Crippen molar-refractivity contribution in [1.29, 1.82) is 0 Å². The zero-order valence-corrected chi connectivity index (χ0v) is 20.4. The number of amides is 1. The summed E-state index contributed by atoms with van der Waals surface area (Å²) in [5, 5.41) is 2.80. The predicted octanol–water partition coefficient (Wildman–Crippen LogP) is 5.93. The van der Waals surface area contributed by atoms with Gasteiger partial charge < -0.3 is 9.47 Å².